The molecule has 3 aromatic rings. The van der Waals surface area contributed by atoms with Crippen molar-refractivity contribution in [1.82, 2.24) is 15.1 Å². The molecule has 0 spiro atoms. The fraction of sp³-hybridized carbons (Fsp3) is 0.263. The van der Waals surface area contributed by atoms with Crippen LogP contribution >= 0.6 is 0 Å². The lowest BCUT2D eigenvalue weighted by atomic mass is 10.2. The monoisotopic (exact) mass is 402 g/mol. The first-order valence-electron chi connectivity index (χ1n) is 8.70. The number of hydrogen-bond acceptors (Lipinski definition) is 5. The van der Waals surface area contributed by atoms with Crippen LogP contribution in [0.1, 0.15) is 22.8 Å². The zero-order valence-corrected chi connectivity index (χ0v) is 16.9. The Balaban J connectivity index is 1.99. The number of sulfonamides is 1. The Morgan fingerprint density at radius 1 is 1.21 bits per heavy atom. The molecule has 1 aromatic carbocycles. The van der Waals surface area contributed by atoms with E-state index in [0.29, 0.717) is 16.9 Å². The summed E-state index contributed by atoms with van der Waals surface area (Å²) in [6.07, 6.45) is 1.39. The second-order valence-electron chi connectivity index (χ2n) is 6.49. The van der Waals surface area contributed by atoms with E-state index in [1.54, 1.807) is 39.2 Å². The molecule has 8 nitrogen and oxygen atoms in total. The van der Waals surface area contributed by atoms with E-state index in [2.05, 4.69) is 10.2 Å². The molecule has 0 saturated carbocycles. The molecule has 0 aliphatic rings. The van der Waals surface area contributed by atoms with Crippen LogP contribution in [0.2, 0.25) is 0 Å². The van der Waals surface area contributed by atoms with Crippen molar-refractivity contribution in [3.63, 3.8) is 0 Å². The van der Waals surface area contributed by atoms with E-state index in [9.17, 15) is 13.2 Å². The highest BCUT2D eigenvalue weighted by Gasteiger charge is 2.28. The van der Waals surface area contributed by atoms with Gasteiger partial charge in [0.1, 0.15) is 5.69 Å². The Hall–Kier alpha value is -3.07. The number of nitrogens with one attached hydrogen (secondary N) is 1. The molecule has 0 bridgehead atoms. The first-order valence-corrected chi connectivity index (χ1v) is 10.1. The minimum absolute atomic E-state index is 0.205. The number of H-pyrrole nitrogens is 1. The molecule has 0 aliphatic heterocycles. The second kappa shape index (κ2) is 7.51. The molecule has 0 aliphatic carbocycles. The minimum atomic E-state index is -3.90. The topological polar surface area (TPSA) is 99.5 Å². The summed E-state index contributed by atoms with van der Waals surface area (Å²) in [6.45, 7) is 3.90. The van der Waals surface area contributed by atoms with E-state index < -0.39 is 10.0 Å². The van der Waals surface area contributed by atoms with Gasteiger partial charge in [0.05, 0.1) is 17.4 Å². The van der Waals surface area contributed by atoms with Gasteiger partial charge in [-0.3, -0.25) is 14.2 Å². The van der Waals surface area contributed by atoms with Crippen molar-refractivity contribution >= 4 is 21.6 Å². The van der Waals surface area contributed by atoms with Crippen molar-refractivity contribution in [3.05, 3.63) is 53.7 Å². The Bertz CT molecular complexity index is 1100. The van der Waals surface area contributed by atoms with E-state index in [4.69, 9.17) is 4.42 Å². The van der Waals surface area contributed by atoms with Crippen molar-refractivity contribution in [2.24, 2.45) is 0 Å². The van der Waals surface area contributed by atoms with Gasteiger partial charge >= 0.3 is 0 Å². The van der Waals surface area contributed by atoms with Gasteiger partial charge in [-0.05, 0) is 43.7 Å². The van der Waals surface area contributed by atoms with Crippen molar-refractivity contribution in [2.45, 2.75) is 18.9 Å². The van der Waals surface area contributed by atoms with Gasteiger partial charge in [-0.15, -0.1) is 0 Å². The zero-order chi connectivity index (χ0) is 20.5. The summed E-state index contributed by atoms with van der Waals surface area (Å²) < 4.78 is 33.1. The number of amides is 1. The highest BCUT2D eigenvalue weighted by Crippen LogP contribution is 2.30. The predicted molar refractivity (Wildman–Crippen MR) is 106 cm³/mol. The number of carbonyl (C=O) groups is 1. The summed E-state index contributed by atoms with van der Waals surface area (Å²) in [7, 11) is -0.657. The van der Waals surface area contributed by atoms with Crippen LogP contribution in [0, 0.1) is 6.92 Å². The predicted octanol–water partition coefficient (Wildman–Crippen LogP) is 2.90. The fourth-order valence-electron chi connectivity index (χ4n) is 2.85. The minimum Gasteiger partial charge on any atom is -0.441 e. The molecule has 9 heteroatoms. The van der Waals surface area contributed by atoms with E-state index in [-0.39, 0.29) is 23.3 Å². The van der Waals surface area contributed by atoms with Crippen molar-refractivity contribution in [3.8, 4) is 11.5 Å². The Morgan fingerprint density at radius 2 is 1.96 bits per heavy atom. The van der Waals surface area contributed by atoms with Gasteiger partial charge in [0.25, 0.3) is 15.9 Å². The summed E-state index contributed by atoms with van der Waals surface area (Å²) in [6, 6.07) is 10.1. The number of aromatic amines is 1. The molecule has 2 heterocycles. The number of carbonyl (C=O) groups excluding carboxylic acids is 1. The van der Waals surface area contributed by atoms with Crippen molar-refractivity contribution in [1.29, 1.82) is 0 Å². The average molecular weight is 402 g/mol. The number of benzene rings is 1. The quantitative estimate of drug-likeness (QED) is 0.683. The largest absolute Gasteiger partial charge is 0.441 e. The summed E-state index contributed by atoms with van der Waals surface area (Å²) in [5.41, 5.74) is 2.15. The number of nitrogens with zero attached hydrogens (tertiary/aromatic N) is 3. The maximum atomic E-state index is 13.1. The van der Waals surface area contributed by atoms with Crippen LogP contribution in [0.25, 0.3) is 11.5 Å². The standard InChI is InChI=1S/C19H22N4O4S/c1-5-23(14-8-6-7-13(2)11-14)28(25,26)17-10-9-16(27-17)18-15(12-20-21-18)19(24)22(3)4/h6-12H,5H2,1-4H3,(H,20,21). The first kappa shape index (κ1) is 19.7. The third-order valence-electron chi connectivity index (χ3n) is 4.22. The van der Waals surface area contributed by atoms with Gasteiger partial charge < -0.3 is 9.32 Å². The van der Waals surface area contributed by atoms with Gasteiger partial charge in [-0.25, -0.2) is 0 Å². The normalized spacial score (nSPS) is 11.4. The lowest BCUT2D eigenvalue weighted by molar-refractivity contribution is 0.0828. The molecule has 0 unspecified atom stereocenters. The van der Waals surface area contributed by atoms with Crippen LogP contribution < -0.4 is 4.31 Å². The molecule has 2 aromatic heterocycles. The average Bonchev–Trinajstić information content (AvgIpc) is 3.31. The van der Waals surface area contributed by atoms with Crippen LogP contribution in [0.3, 0.4) is 0 Å². The smallest absolute Gasteiger partial charge is 0.297 e. The van der Waals surface area contributed by atoms with E-state index >= 15 is 0 Å². The maximum Gasteiger partial charge on any atom is 0.297 e. The highest BCUT2D eigenvalue weighted by molar-refractivity contribution is 7.92. The molecule has 0 saturated heterocycles. The van der Waals surface area contributed by atoms with Crippen LogP contribution in [0.15, 0.2) is 52.1 Å². The number of aromatic nitrogens is 2. The number of aryl methyl sites for hydroxylation is 1. The van der Waals surface area contributed by atoms with Crippen molar-refractivity contribution < 1.29 is 17.6 Å². The first-order chi connectivity index (χ1) is 13.3. The SMILES string of the molecule is CCN(c1cccc(C)c1)S(=O)(=O)c1ccc(-c2[nH]ncc2C(=O)N(C)C)o1. The lowest BCUT2D eigenvalue weighted by Gasteiger charge is -2.21. The Labute approximate surface area is 163 Å². The highest BCUT2D eigenvalue weighted by atomic mass is 32.2. The number of rotatable bonds is 6. The lowest BCUT2D eigenvalue weighted by Crippen LogP contribution is -2.30. The molecule has 1 amide bonds. The van der Waals surface area contributed by atoms with E-state index in [0.717, 1.165) is 5.56 Å². The van der Waals surface area contributed by atoms with Crippen LogP contribution in [-0.2, 0) is 10.0 Å². The maximum absolute atomic E-state index is 13.1. The second-order valence-corrected chi connectivity index (χ2v) is 8.28. The number of furan rings is 1. The van der Waals surface area contributed by atoms with E-state index in [1.807, 2.05) is 13.0 Å². The molecule has 1 N–H and O–H groups in total. The molecule has 0 atom stereocenters. The van der Waals surface area contributed by atoms with Gasteiger partial charge in [-0.1, -0.05) is 12.1 Å². The van der Waals surface area contributed by atoms with Crippen LogP contribution in [0.5, 0.6) is 0 Å². The number of hydrogen-bond donors (Lipinski definition) is 1. The number of anilines is 1. The van der Waals surface area contributed by atoms with Crippen LogP contribution in [0.4, 0.5) is 5.69 Å². The molecule has 148 valence electrons. The Morgan fingerprint density at radius 3 is 2.61 bits per heavy atom. The summed E-state index contributed by atoms with van der Waals surface area (Å²) in [5.74, 6) is -0.0407. The molecule has 0 fully saturated rings. The Kier molecular flexibility index (Phi) is 5.28. The van der Waals surface area contributed by atoms with Gasteiger partial charge in [0.15, 0.2) is 5.76 Å². The van der Waals surface area contributed by atoms with Gasteiger partial charge in [0.2, 0.25) is 5.09 Å². The third kappa shape index (κ3) is 3.53. The molecular formula is C19H22N4O4S. The fourth-order valence-corrected chi connectivity index (χ4v) is 4.24. The molecule has 3 rings (SSSR count). The molecular weight excluding hydrogens is 380 g/mol. The third-order valence-corrected chi connectivity index (χ3v) is 6.00. The van der Waals surface area contributed by atoms with Gasteiger partial charge in [0, 0.05) is 20.6 Å². The van der Waals surface area contributed by atoms with Crippen molar-refractivity contribution in [2.75, 3.05) is 24.9 Å². The summed E-state index contributed by atoms with van der Waals surface area (Å²) in [4.78, 5) is 13.7. The molecule has 0 radical (unpaired) electrons. The summed E-state index contributed by atoms with van der Waals surface area (Å²) >= 11 is 0. The van der Waals surface area contributed by atoms with Crippen LogP contribution in [-0.4, -0.2) is 50.1 Å². The van der Waals surface area contributed by atoms with Gasteiger partial charge in [-0.2, -0.15) is 13.5 Å². The molecule has 28 heavy (non-hydrogen) atoms. The van der Waals surface area contributed by atoms with E-state index in [1.165, 1.54) is 27.5 Å². The zero-order valence-electron chi connectivity index (χ0n) is 16.1. The summed E-state index contributed by atoms with van der Waals surface area (Å²) in [5, 5.41) is 6.39.